The molecule has 0 amide bonds. The lowest BCUT2D eigenvalue weighted by atomic mass is 10.2. The Labute approximate surface area is 146 Å². The van der Waals surface area contributed by atoms with Crippen LogP contribution in [0.15, 0.2) is 71.0 Å². The van der Waals surface area contributed by atoms with E-state index in [1.165, 1.54) is 24.3 Å². The summed E-state index contributed by atoms with van der Waals surface area (Å²) in [6.45, 7) is -0.0535. The summed E-state index contributed by atoms with van der Waals surface area (Å²) in [6.07, 6.45) is 1.33. The number of halogens is 1. The van der Waals surface area contributed by atoms with Crippen LogP contribution in [0.25, 0.3) is 0 Å². The third kappa shape index (κ3) is 3.81. The molecule has 0 bridgehead atoms. The van der Waals surface area contributed by atoms with Crippen molar-refractivity contribution in [1.82, 2.24) is 4.31 Å². The quantitative estimate of drug-likeness (QED) is 0.797. The normalized spacial score (nSPS) is 19.4. The number of hydrogen-bond acceptors (Lipinski definition) is 4. The summed E-state index contributed by atoms with van der Waals surface area (Å²) in [4.78, 5) is -0.469. The summed E-state index contributed by atoms with van der Waals surface area (Å²) in [5, 5.41) is 1.01. The van der Waals surface area contributed by atoms with Crippen molar-refractivity contribution >= 4 is 19.9 Å². The zero-order valence-corrected chi connectivity index (χ0v) is 14.8. The minimum atomic E-state index is -4.22. The molecular formula is C17H16FNO4S2. The van der Waals surface area contributed by atoms with E-state index in [1.807, 2.05) is 0 Å². The molecule has 0 aromatic heterocycles. The molecule has 0 saturated heterocycles. The molecule has 8 heteroatoms. The standard InChI is InChI=1S/C17H16FNO4S2/c18-16-8-4-5-9-17(16)25(22,23)19(12-14-6-2-1-3-7-14)15-10-11-24(20,21)13-15/h1-11,15H,12-13H2/t15-/m1/s1. The molecule has 3 rings (SSSR count). The first-order valence-electron chi connectivity index (χ1n) is 7.51. The molecule has 1 aliphatic heterocycles. The second-order valence-corrected chi connectivity index (χ2v) is 9.48. The lowest BCUT2D eigenvalue weighted by molar-refractivity contribution is 0.373. The first-order chi connectivity index (χ1) is 11.8. The van der Waals surface area contributed by atoms with Crippen LogP contribution in [0.5, 0.6) is 0 Å². The Morgan fingerprint density at radius 2 is 1.68 bits per heavy atom. The molecule has 0 saturated carbocycles. The van der Waals surface area contributed by atoms with Gasteiger partial charge in [0.05, 0.1) is 11.8 Å². The zero-order valence-electron chi connectivity index (χ0n) is 13.1. The molecule has 25 heavy (non-hydrogen) atoms. The van der Waals surface area contributed by atoms with E-state index in [-0.39, 0.29) is 12.3 Å². The maximum absolute atomic E-state index is 14.1. The van der Waals surface area contributed by atoms with Gasteiger partial charge in [0.15, 0.2) is 9.84 Å². The van der Waals surface area contributed by atoms with Crippen molar-refractivity contribution in [3.05, 3.63) is 77.5 Å². The summed E-state index contributed by atoms with van der Waals surface area (Å²) >= 11 is 0. The number of sulfone groups is 1. The number of hydrogen-bond donors (Lipinski definition) is 0. The molecule has 0 aliphatic carbocycles. The fourth-order valence-corrected chi connectivity index (χ4v) is 5.69. The molecule has 0 fully saturated rings. The monoisotopic (exact) mass is 381 g/mol. The predicted octanol–water partition coefficient (Wildman–Crippen LogP) is 2.33. The highest BCUT2D eigenvalue weighted by Gasteiger charge is 2.36. The summed E-state index contributed by atoms with van der Waals surface area (Å²) in [7, 11) is -7.69. The van der Waals surface area contributed by atoms with Crippen LogP contribution in [0.1, 0.15) is 5.56 Å². The van der Waals surface area contributed by atoms with E-state index >= 15 is 0 Å². The van der Waals surface area contributed by atoms with E-state index in [1.54, 1.807) is 30.3 Å². The SMILES string of the molecule is O=S1(=O)C=C[C@@H](N(Cc2ccccc2)S(=O)(=O)c2ccccc2F)C1. The van der Waals surface area contributed by atoms with E-state index in [2.05, 4.69) is 0 Å². The van der Waals surface area contributed by atoms with Crippen LogP contribution >= 0.6 is 0 Å². The topological polar surface area (TPSA) is 71.5 Å². The van der Waals surface area contributed by atoms with Gasteiger partial charge in [-0.1, -0.05) is 48.5 Å². The molecule has 0 N–H and O–H groups in total. The predicted molar refractivity (Wildman–Crippen MR) is 92.3 cm³/mol. The van der Waals surface area contributed by atoms with Gasteiger partial charge in [0, 0.05) is 12.0 Å². The first kappa shape index (κ1) is 17.8. The molecule has 5 nitrogen and oxygen atoms in total. The van der Waals surface area contributed by atoms with Crippen LogP contribution in [0, 0.1) is 5.82 Å². The highest BCUT2D eigenvalue weighted by Crippen LogP contribution is 2.26. The number of nitrogens with zero attached hydrogens (tertiary/aromatic N) is 1. The van der Waals surface area contributed by atoms with Gasteiger partial charge in [0.1, 0.15) is 10.7 Å². The van der Waals surface area contributed by atoms with Crippen molar-refractivity contribution in [1.29, 1.82) is 0 Å². The van der Waals surface area contributed by atoms with Gasteiger partial charge < -0.3 is 0 Å². The molecule has 2 aromatic rings. The molecule has 1 heterocycles. The van der Waals surface area contributed by atoms with E-state index in [4.69, 9.17) is 0 Å². The fourth-order valence-electron chi connectivity index (χ4n) is 2.66. The number of rotatable bonds is 5. The van der Waals surface area contributed by atoms with Gasteiger partial charge in [-0.25, -0.2) is 21.2 Å². The minimum Gasteiger partial charge on any atom is -0.224 e. The molecular weight excluding hydrogens is 365 g/mol. The lowest BCUT2D eigenvalue weighted by Gasteiger charge is -2.27. The molecule has 0 unspecified atom stereocenters. The maximum Gasteiger partial charge on any atom is 0.246 e. The Balaban J connectivity index is 2.05. The minimum absolute atomic E-state index is 0.0535. The highest BCUT2D eigenvalue weighted by atomic mass is 32.2. The Morgan fingerprint density at radius 1 is 1.04 bits per heavy atom. The fraction of sp³-hybridized carbons (Fsp3) is 0.176. The summed E-state index contributed by atoms with van der Waals surface area (Å²) < 4.78 is 64.6. The van der Waals surface area contributed by atoms with Crippen molar-refractivity contribution in [2.24, 2.45) is 0 Å². The van der Waals surface area contributed by atoms with Gasteiger partial charge in [0.25, 0.3) is 0 Å². The molecule has 1 aliphatic rings. The second-order valence-electron chi connectivity index (χ2n) is 5.69. The molecule has 1 atom stereocenters. The van der Waals surface area contributed by atoms with Crippen LogP contribution < -0.4 is 0 Å². The van der Waals surface area contributed by atoms with Crippen molar-refractivity contribution in [2.75, 3.05) is 5.75 Å². The maximum atomic E-state index is 14.1. The summed E-state index contributed by atoms with van der Waals surface area (Å²) in [6, 6.07) is 13.0. The van der Waals surface area contributed by atoms with Crippen LogP contribution in [-0.4, -0.2) is 32.9 Å². The van der Waals surface area contributed by atoms with Crippen molar-refractivity contribution in [3.8, 4) is 0 Å². The smallest absolute Gasteiger partial charge is 0.224 e. The van der Waals surface area contributed by atoms with E-state index in [0.717, 1.165) is 15.8 Å². The Hall–Kier alpha value is -2.03. The second kappa shape index (κ2) is 6.70. The van der Waals surface area contributed by atoms with Gasteiger partial charge >= 0.3 is 0 Å². The Kier molecular flexibility index (Phi) is 4.77. The van der Waals surface area contributed by atoms with E-state index < -0.39 is 36.6 Å². The van der Waals surface area contributed by atoms with Crippen molar-refractivity contribution < 1.29 is 21.2 Å². The number of benzene rings is 2. The molecule has 2 aromatic carbocycles. The van der Waals surface area contributed by atoms with Crippen LogP contribution in [0.3, 0.4) is 0 Å². The summed E-state index contributed by atoms with van der Waals surface area (Å²) in [5.74, 6) is -1.22. The third-order valence-corrected chi connectivity index (χ3v) is 7.17. The Morgan fingerprint density at radius 3 is 2.28 bits per heavy atom. The van der Waals surface area contributed by atoms with Crippen LogP contribution in [-0.2, 0) is 26.4 Å². The summed E-state index contributed by atoms with van der Waals surface area (Å²) in [5.41, 5.74) is 0.681. The number of sulfonamides is 1. The molecule has 0 radical (unpaired) electrons. The average Bonchev–Trinajstić information content (AvgIpc) is 2.93. The largest absolute Gasteiger partial charge is 0.246 e. The van der Waals surface area contributed by atoms with Gasteiger partial charge in [-0.15, -0.1) is 0 Å². The highest BCUT2D eigenvalue weighted by molar-refractivity contribution is 7.94. The average molecular weight is 381 g/mol. The zero-order chi connectivity index (χ0) is 18.1. The van der Waals surface area contributed by atoms with Crippen molar-refractivity contribution in [3.63, 3.8) is 0 Å². The Bertz CT molecular complexity index is 1000. The first-order valence-corrected chi connectivity index (χ1v) is 10.7. The third-order valence-electron chi connectivity index (χ3n) is 3.89. The van der Waals surface area contributed by atoms with Gasteiger partial charge in [0.2, 0.25) is 10.0 Å². The van der Waals surface area contributed by atoms with Gasteiger partial charge in [-0.3, -0.25) is 0 Å². The van der Waals surface area contributed by atoms with E-state index in [9.17, 15) is 21.2 Å². The lowest BCUT2D eigenvalue weighted by Crippen LogP contribution is -2.40. The molecule has 132 valence electrons. The van der Waals surface area contributed by atoms with E-state index in [0.29, 0.717) is 5.56 Å². The van der Waals surface area contributed by atoms with Gasteiger partial charge in [-0.2, -0.15) is 4.31 Å². The van der Waals surface area contributed by atoms with Gasteiger partial charge in [-0.05, 0) is 17.7 Å². The van der Waals surface area contributed by atoms with Crippen LogP contribution in [0.4, 0.5) is 4.39 Å². The molecule has 0 spiro atoms. The van der Waals surface area contributed by atoms with Crippen LogP contribution in [0.2, 0.25) is 0 Å². The van der Waals surface area contributed by atoms with Crippen molar-refractivity contribution in [2.45, 2.75) is 17.5 Å².